The molecule has 2 aromatic heterocycles. The molecule has 0 saturated carbocycles. The van der Waals surface area contributed by atoms with Crippen molar-refractivity contribution in [1.29, 1.82) is 0 Å². The zero-order valence-electron chi connectivity index (χ0n) is 12.3. The van der Waals surface area contributed by atoms with Gasteiger partial charge in [0.05, 0.1) is 0 Å². The van der Waals surface area contributed by atoms with Crippen molar-refractivity contribution in [3.05, 3.63) is 40.9 Å². The fourth-order valence-electron chi connectivity index (χ4n) is 1.92. The summed E-state index contributed by atoms with van der Waals surface area (Å²) in [5, 5.41) is 15.9. The van der Waals surface area contributed by atoms with Crippen molar-refractivity contribution in [2.45, 2.75) is 13.3 Å². The summed E-state index contributed by atoms with van der Waals surface area (Å²) in [4.78, 5) is 12.4. The van der Waals surface area contributed by atoms with Gasteiger partial charge in [-0.3, -0.25) is 4.79 Å². The van der Waals surface area contributed by atoms with Crippen LogP contribution in [-0.4, -0.2) is 38.9 Å². The third-order valence-corrected chi connectivity index (χ3v) is 3.97. The van der Waals surface area contributed by atoms with Gasteiger partial charge in [0.2, 0.25) is 4.96 Å². The molecule has 3 aromatic rings. The molecule has 2 heterocycles. The first kappa shape index (κ1) is 15.3. The van der Waals surface area contributed by atoms with Gasteiger partial charge in [0.1, 0.15) is 16.6 Å². The molecule has 0 unspecified atom stereocenters. The molecular formula is C14H14FN5O2S. The summed E-state index contributed by atoms with van der Waals surface area (Å²) in [5.41, 5.74) is 0. The molecule has 0 aliphatic carbocycles. The fraction of sp³-hybridized carbons (Fsp3) is 0.286. The minimum atomic E-state index is -0.401. The molecule has 1 aromatic carbocycles. The third-order valence-electron chi connectivity index (χ3n) is 3.02. The van der Waals surface area contributed by atoms with Crippen molar-refractivity contribution in [3.63, 3.8) is 0 Å². The van der Waals surface area contributed by atoms with Gasteiger partial charge in [-0.2, -0.15) is 9.61 Å². The second-order valence-corrected chi connectivity index (χ2v) is 5.82. The van der Waals surface area contributed by atoms with Crippen LogP contribution in [0.3, 0.4) is 0 Å². The average Bonchev–Trinajstić information content (AvgIpc) is 3.07. The van der Waals surface area contributed by atoms with Gasteiger partial charge in [0.25, 0.3) is 5.91 Å². The standard InChI is InChI=1S/C14H14FN5O2S/c1-9-17-18-14-20(9)19-13(23-14)5-6-16-12(21)8-22-11-4-2-3-10(15)7-11/h2-4,7H,5-6,8H2,1H3,(H,16,21). The molecule has 3 rings (SSSR count). The zero-order valence-corrected chi connectivity index (χ0v) is 13.1. The van der Waals surface area contributed by atoms with Crippen LogP contribution in [0.15, 0.2) is 24.3 Å². The number of aromatic nitrogens is 4. The Bertz CT molecular complexity index is 832. The molecule has 0 saturated heterocycles. The van der Waals surface area contributed by atoms with Crippen molar-refractivity contribution >= 4 is 22.2 Å². The van der Waals surface area contributed by atoms with E-state index in [9.17, 15) is 9.18 Å². The lowest BCUT2D eigenvalue weighted by atomic mass is 10.3. The van der Waals surface area contributed by atoms with E-state index in [2.05, 4.69) is 20.6 Å². The lowest BCUT2D eigenvalue weighted by Gasteiger charge is -2.06. The molecule has 0 aliphatic heterocycles. The third kappa shape index (κ3) is 3.81. The van der Waals surface area contributed by atoms with E-state index in [4.69, 9.17) is 4.74 Å². The van der Waals surface area contributed by atoms with Gasteiger partial charge in [-0.15, -0.1) is 10.2 Å². The molecule has 7 nitrogen and oxygen atoms in total. The molecule has 0 aliphatic rings. The largest absolute Gasteiger partial charge is 0.484 e. The molecule has 0 radical (unpaired) electrons. The number of carbonyl (C=O) groups is 1. The van der Waals surface area contributed by atoms with Gasteiger partial charge < -0.3 is 10.1 Å². The van der Waals surface area contributed by atoms with Gasteiger partial charge in [-0.1, -0.05) is 17.4 Å². The summed E-state index contributed by atoms with van der Waals surface area (Å²) < 4.78 is 19.9. The Morgan fingerprint density at radius 3 is 3.09 bits per heavy atom. The van der Waals surface area contributed by atoms with Crippen LogP contribution >= 0.6 is 11.3 Å². The predicted octanol–water partition coefficient (Wildman–Crippen LogP) is 1.37. The number of benzene rings is 1. The number of nitrogens with one attached hydrogen (secondary N) is 1. The maximum atomic E-state index is 13.0. The summed E-state index contributed by atoms with van der Waals surface area (Å²) in [6, 6.07) is 5.67. The summed E-state index contributed by atoms with van der Waals surface area (Å²) in [5.74, 6) is 0.384. The minimum absolute atomic E-state index is 0.159. The van der Waals surface area contributed by atoms with Gasteiger partial charge in [-0.25, -0.2) is 4.39 Å². The number of aryl methyl sites for hydroxylation is 1. The normalized spacial score (nSPS) is 10.9. The maximum Gasteiger partial charge on any atom is 0.257 e. The molecule has 0 fully saturated rings. The van der Waals surface area contributed by atoms with Gasteiger partial charge in [0, 0.05) is 19.0 Å². The number of hydrogen-bond donors (Lipinski definition) is 1. The number of ether oxygens (including phenoxy) is 1. The highest BCUT2D eigenvalue weighted by molar-refractivity contribution is 7.16. The molecule has 120 valence electrons. The Kier molecular flexibility index (Phi) is 4.47. The first-order chi connectivity index (χ1) is 11.1. The highest BCUT2D eigenvalue weighted by Crippen LogP contribution is 2.14. The first-order valence-corrected chi connectivity index (χ1v) is 7.76. The molecule has 23 heavy (non-hydrogen) atoms. The van der Waals surface area contributed by atoms with Crippen LogP contribution < -0.4 is 10.1 Å². The molecule has 0 atom stereocenters. The highest BCUT2D eigenvalue weighted by atomic mass is 32.1. The summed E-state index contributed by atoms with van der Waals surface area (Å²) >= 11 is 1.44. The molecule has 0 bridgehead atoms. The predicted molar refractivity (Wildman–Crippen MR) is 82.0 cm³/mol. The van der Waals surface area contributed by atoms with Gasteiger partial charge >= 0.3 is 0 Å². The van der Waals surface area contributed by atoms with Gasteiger partial charge in [0.15, 0.2) is 12.4 Å². The lowest BCUT2D eigenvalue weighted by Crippen LogP contribution is -2.30. The van der Waals surface area contributed by atoms with Crippen molar-refractivity contribution in [2.24, 2.45) is 0 Å². The Morgan fingerprint density at radius 1 is 1.43 bits per heavy atom. The summed E-state index contributed by atoms with van der Waals surface area (Å²) in [7, 11) is 0. The number of amides is 1. The number of fused-ring (bicyclic) bond motifs is 1. The number of rotatable bonds is 6. The van der Waals surface area contributed by atoms with E-state index in [0.29, 0.717) is 18.7 Å². The lowest BCUT2D eigenvalue weighted by molar-refractivity contribution is -0.123. The van der Waals surface area contributed by atoms with Gasteiger partial charge in [-0.05, 0) is 19.1 Å². The van der Waals surface area contributed by atoms with E-state index < -0.39 is 5.82 Å². The van der Waals surface area contributed by atoms with Crippen LogP contribution in [0.4, 0.5) is 4.39 Å². The van der Waals surface area contributed by atoms with Crippen molar-refractivity contribution in [3.8, 4) is 5.75 Å². The quantitative estimate of drug-likeness (QED) is 0.736. The second-order valence-electron chi connectivity index (χ2n) is 4.78. The van der Waals surface area contributed by atoms with E-state index in [1.807, 2.05) is 6.92 Å². The van der Waals surface area contributed by atoms with E-state index in [1.165, 1.54) is 29.5 Å². The Morgan fingerprint density at radius 2 is 2.30 bits per heavy atom. The summed E-state index contributed by atoms with van der Waals surface area (Å²) in [6.07, 6.45) is 0.596. The van der Waals surface area contributed by atoms with E-state index in [0.717, 1.165) is 15.8 Å². The molecule has 0 spiro atoms. The van der Waals surface area contributed by atoms with E-state index in [1.54, 1.807) is 10.6 Å². The first-order valence-electron chi connectivity index (χ1n) is 6.94. The molecule has 9 heteroatoms. The van der Waals surface area contributed by atoms with Crippen LogP contribution in [-0.2, 0) is 11.2 Å². The Labute approximate surface area is 135 Å². The Hall–Kier alpha value is -2.55. The zero-order chi connectivity index (χ0) is 16.2. The minimum Gasteiger partial charge on any atom is -0.484 e. The van der Waals surface area contributed by atoms with Crippen LogP contribution in [0.2, 0.25) is 0 Å². The second kappa shape index (κ2) is 6.69. The Balaban J connectivity index is 1.43. The number of halogens is 1. The van der Waals surface area contributed by atoms with Crippen molar-refractivity contribution < 1.29 is 13.9 Å². The number of carbonyl (C=O) groups excluding carboxylic acids is 1. The topological polar surface area (TPSA) is 81.4 Å². The number of nitrogens with zero attached hydrogens (tertiary/aromatic N) is 4. The van der Waals surface area contributed by atoms with E-state index in [-0.39, 0.29) is 12.5 Å². The summed E-state index contributed by atoms with van der Waals surface area (Å²) in [6.45, 7) is 2.11. The van der Waals surface area contributed by atoms with Crippen LogP contribution in [0.25, 0.3) is 4.96 Å². The van der Waals surface area contributed by atoms with E-state index >= 15 is 0 Å². The monoisotopic (exact) mass is 335 g/mol. The SMILES string of the molecule is Cc1nnc2sc(CCNC(=O)COc3cccc(F)c3)nn12. The molecular weight excluding hydrogens is 321 g/mol. The smallest absolute Gasteiger partial charge is 0.257 e. The van der Waals surface area contributed by atoms with Crippen LogP contribution in [0.5, 0.6) is 5.75 Å². The molecule has 1 N–H and O–H groups in total. The van der Waals surface area contributed by atoms with Crippen molar-refractivity contribution in [2.75, 3.05) is 13.2 Å². The van der Waals surface area contributed by atoms with Crippen LogP contribution in [0, 0.1) is 12.7 Å². The fourth-order valence-corrected chi connectivity index (χ4v) is 2.80. The molecule has 1 amide bonds. The highest BCUT2D eigenvalue weighted by Gasteiger charge is 2.09. The maximum absolute atomic E-state index is 13.0. The number of hydrogen-bond acceptors (Lipinski definition) is 6. The van der Waals surface area contributed by atoms with Crippen LogP contribution in [0.1, 0.15) is 10.8 Å². The average molecular weight is 335 g/mol. The van der Waals surface area contributed by atoms with Crippen molar-refractivity contribution in [1.82, 2.24) is 25.1 Å².